The van der Waals surface area contributed by atoms with Crippen molar-refractivity contribution in [3.8, 4) is 11.4 Å². The van der Waals surface area contributed by atoms with E-state index in [-0.39, 0.29) is 6.54 Å². The first kappa shape index (κ1) is 22.7. The van der Waals surface area contributed by atoms with Crippen molar-refractivity contribution in [1.29, 1.82) is 0 Å². The highest BCUT2D eigenvalue weighted by atomic mass is 35.5. The first-order valence-electron chi connectivity index (χ1n) is 11.4. The fraction of sp³-hybridized carbons (Fsp3) is 0.320. The molecule has 0 amide bonds. The average Bonchev–Trinajstić information content (AvgIpc) is 3.22. The van der Waals surface area contributed by atoms with Crippen LogP contribution in [0.2, 0.25) is 5.02 Å². The topological polar surface area (TPSA) is 67.7 Å². The summed E-state index contributed by atoms with van der Waals surface area (Å²) in [7, 11) is 0. The molecular formula is C25H25ClF2N6. The minimum atomic E-state index is -0.877. The summed E-state index contributed by atoms with van der Waals surface area (Å²) in [5.41, 5.74) is 2.94. The maximum absolute atomic E-state index is 13.5. The molecule has 0 atom stereocenters. The van der Waals surface area contributed by atoms with E-state index in [1.807, 2.05) is 24.3 Å². The molecule has 176 valence electrons. The van der Waals surface area contributed by atoms with Crippen molar-refractivity contribution in [2.24, 2.45) is 5.92 Å². The van der Waals surface area contributed by atoms with Gasteiger partial charge in [-0.1, -0.05) is 29.8 Å². The minimum Gasteiger partial charge on any atom is -0.350 e. The summed E-state index contributed by atoms with van der Waals surface area (Å²) in [5.74, 6) is 0.112. The van der Waals surface area contributed by atoms with Crippen LogP contribution < -0.4 is 10.6 Å². The number of hydrogen-bond donors (Lipinski definition) is 2. The van der Waals surface area contributed by atoms with Crippen molar-refractivity contribution < 1.29 is 8.78 Å². The van der Waals surface area contributed by atoms with Gasteiger partial charge in [0.1, 0.15) is 11.3 Å². The molecule has 0 radical (unpaired) electrons. The SMILES string of the molecule is Fc1ccc(CNc2ncc3nc(-c4cccc(Cl)c4)n(CCC4CCNCC4)c3n2)cc1F. The number of hydrogen-bond acceptors (Lipinski definition) is 5. The van der Waals surface area contributed by atoms with E-state index in [9.17, 15) is 8.78 Å². The molecule has 2 N–H and O–H groups in total. The van der Waals surface area contributed by atoms with Gasteiger partial charge in [0.15, 0.2) is 17.3 Å². The Morgan fingerprint density at radius 1 is 1.06 bits per heavy atom. The Hall–Kier alpha value is -3.10. The van der Waals surface area contributed by atoms with Gasteiger partial charge in [0.2, 0.25) is 5.95 Å². The number of imidazole rings is 1. The average molecular weight is 483 g/mol. The molecule has 0 aliphatic carbocycles. The summed E-state index contributed by atoms with van der Waals surface area (Å²) in [6.07, 6.45) is 5.04. The van der Waals surface area contributed by atoms with E-state index in [1.165, 1.54) is 12.1 Å². The molecule has 1 fully saturated rings. The summed E-state index contributed by atoms with van der Waals surface area (Å²) < 4.78 is 28.9. The Bertz CT molecular complexity index is 1300. The van der Waals surface area contributed by atoms with Gasteiger partial charge in [-0.05, 0) is 68.1 Å². The van der Waals surface area contributed by atoms with Crippen molar-refractivity contribution in [3.05, 3.63) is 70.9 Å². The summed E-state index contributed by atoms with van der Waals surface area (Å²) >= 11 is 6.26. The van der Waals surface area contributed by atoms with E-state index in [4.69, 9.17) is 21.6 Å². The van der Waals surface area contributed by atoms with Gasteiger partial charge in [0.05, 0.1) is 6.20 Å². The largest absolute Gasteiger partial charge is 0.350 e. The van der Waals surface area contributed by atoms with E-state index in [2.05, 4.69) is 20.2 Å². The third-order valence-corrected chi connectivity index (χ3v) is 6.46. The molecule has 0 saturated carbocycles. The van der Waals surface area contributed by atoms with Gasteiger partial charge < -0.3 is 15.2 Å². The molecule has 34 heavy (non-hydrogen) atoms. The number of rotatable bonds is 7. The van der Waals surface area contributed by atoms with Crippen LogP contribution in [0.15, 0.2) is 48.7 Å². The Kier molecular flexibility index (Phi) is 6.69. The Morgan fingerprint density at radius 3 is 2.71 bits per heavy atom. The zero-order chi connectivity index (χ0) is 23.5. The lowest BCUT2D eigenvalue weighted by molar-refractivity contribution is 0.339. The molecule has 0 unspecified atom stereocenters. The number of fused-ring (bicyclic) bond motifs is 1. The van der Waals surface area contributed by atoms with Gasteiger partial charge in [-0.25, -0.2) is 18.7 Å². The quantitative estimate of drug-likeness (QED) is 0.368. The number of aryl methyl sites for hydroxylation is 1. The fourth-order valence-corrected chi connectivity index (χ4v) is 4.57. The van der Waals surface area contributed by atoms with Gasteiger partial charge in [-0.3, -0.25) is 0 Å². The standard InChI is InChI=1S/C25H25ClF2N6/c26-19-3-1-2-18(13-19)23-32-22-15-31-25(30-14-17-4-5-20(27)21(28)12-17)33-24(22)34(23)11-8-16-6-9-29-10-7-16/h1-5,12-13,15-16,29H,6-11,14H2,(H,30,31,33). The van der Waals surface area contributed by atoms with Crippen molar-refractivity contribution in [3.63, 3.8) is 0 Å². The molecular weight excluding hydrogens is 458 g/mol. The monoisotopic (exact) mass is 482 g/mol. The Balaban J connectivity index is 1.45. The second-order valence-corrected chi connectivity index (χ2v) is 9.02. The number of aromatic nitrogens is 4. The maximum Gasteiger partial charge on any atom is 0.225 e. The summed E-state index contributed by atoms with van der Waals surface area (Å²) in [6, 6.07) is 11.5. The van der Waals surface area contributed by atoms with Crippen LogP contribution >= 0.6 is 11.6 Å². The van der Waals surface area contributed by atoms with E-state index in [1.54, 1.807) is 6.20 Å². The Labute approximate surface area is 201 Å². The number of nitrogens with zero attached hydrogens (tertiary/aromatic N) is 4. The third kappa shape index (κ3) is 5.03. The predicted octanol–water partition coefficient (Wildman–Crippen LogP) is 5.43. The molecule has 0 bridgehead atoms. The highest BCUT2D eigenvalue weighted by Crippen LogP contribution is 2.28. The van der Waals surface area contributed by atoms with Crippen LogP contribution in [-0.2, 0) is 13.1 Å². The number of benzene rings is 2. The zero-order valence-corrected chi connectivity index (χ0v) is 19.3. The van der Waals surface area contributed by atoms with Crippen molar-refractivity contribution in [2.75, 3.05) is 18.4 Å². The van der Waals surface area contributed by atoms with Gasteiger partial charge in [0, 0.05) is 23.7 Å². The van der Waals surface area contributed by atoms with Crippen LogP contribution in [0.5, 0.6) is 0 Å². The van der Waals surface area contributed by atoms with Gasteiger partial charge in [-0.2, -0.15) is 4.98 Å². The smallest absolute Gasteiger partial charge is 0.225 e. The number of halogens is 3. The lowest BCUT2D eigenvalue weighted by atomic mass is 9.95. The van der Waals surface area contributed by atoms with Gasteiger partial charge >= 0.3 is 0 Å². The molecule has 2 aromatic carbocycles. The van der Waals surface area contributed by atoms with Gasteiger partial charge in [0.25, 0.3) is 0 Å². The normalized spacial score (nSPS) is 14.6. The third-order valence-electron chi connectivity index (χ3n) is 6.22. The molecule has 4 aromatic rings. The number of piperidine rings is 1. The first-order chi connectivity index (χ1) is 16.6. The molecule has 1 aliphatic rings. The Morgan fingerprint density at radius 2 is 1.91 bits per heavy atom. The van der Waals surface area contributed by atoms with Crippen LogP contribution in [0.4, 0.5) is 14.7 Å². The van der Waals surface area contributed by atoms with Crippen molar-refractivity contribution in [1.82, 2.24) is 24.8 Å². The summed E-state index contributed by atoms with van der Waals surface area (Å²) in [6.45, 7) is 3.16. The second-order valence-electron chi connectivity index (χ2n) is 8.58. The van der Waals surface area contributed by atoms with Gasteiger partial charge in [-0.15, -0.1) is 0 Å². The molecule has 0 spiro atoms. The number of anilines is 1. The molecule has 3 heterocycles. The van der Waals surface area contributed by atoms with Crippen LogP contribution in [-0.4, -0.2) is 32.6 Å². The fourth-order valence-electron chi connectivity index (χ4n) is 4.38. The molecule has 6 nitrogen and oxygen atoms in total. The van der Waals surface area contributed by atoms with Crippen molar-refractivity contribution in [2.45, 2.75) is 32.4 Å². The predicted molar refractivity (Wildman–Crippen MR) is 130 cm³/mol. The summed E-state index contributed by atoms with van der Waals surface area (Å²) in [4.78, 5) is 13.9. The van der Waals surface area contributed by atoms with Crippen LogP contribution in [0.25, 0.3) is 22.6 Å². The van der Waals surface area contributed by atoms with Crippen LogP contribution in [0.3, 0.4) is 0 Å². The van der Waals surface area contributed by atoms with E-state index in [0.29, 0.717) is 28.0 Å². The molecule has 5 rings (SSSR count). The highest BCUT2D eigenvalue weighted by molar-refractivity contribution is 6.30. The first-order valence-corrected chi connectivity index (χ1v) is 11.8. The lowest BCUT2D eigenvalue weighted by Gasteiger charge is -2.23. The van der Waals surface area contributed by atoms with Crippen molar-refractivity contribution >= 4 is 28.7 Å². The lowest BCUT2D eigenvalue weighted by Crippen LogP contribution is -2.28. The summed E-state index contributed by atoms with van der Waals surface area (Å²) in [5, 5.41) is 7.17. The molecule has 1 saturated heterocycles. The maximum atomic E-state index is 13.5. The van der Waals surface area contributed by atoms with Crippen LogP contribution in [0.1, 0.15) is 24.8 Å². The van der Waals surface area contributed by atoms with E-state index in [0.717, 1.165) is 62.0 Å². The van der Waals surface area contributed by atoms with E-state index >= 15 is 0 Å². The van der Waals surface area contributed by atoms with E-state index < -0.39 is 11.6 Å². The minimum absolute atomic E-state index is 0.271. The van der Waals surface area contributed by atoms with Crippen LogP contribution in [0, 0.1) is 17.6 Å². The highest BCUT2D eigenvalue weighted by Gasteiger charge is 2.18. The zero-order valence-electron chi connectivity index (χ0n) is 18.6. The molecule has 1 aliphatic heterocycles. The second kappa shape index (κ2) is 10.0. The molecule has 2 aromatic heterocycles. The number of nitrogens with one attached hydrogen (secondary N) is 2. The molecule has 9 heteroatoms.